The van der Waals surface area contributed by atoms with Crippen LogP contribution in [0.25, 0.3) is 21.8 Å². The van der Waals surface area contributed by atoms with Gasteiger partial charge in [0.15, 0.2) is 5.78 Å². The molecular formula is C17H11N3O2. The summed E-state index contributed by atoms with van der Waals surface area (Å²) in [6.07, 6.45) is 3.25. The van der Waals surface area contributed by atoms with Crippen LogP contribution in [0.3, 0.4) is 0 Å². The van der Waals surface area contributed by atoms with Gasteiger partial charge in [0.2, 0.25) is 0 Å². The molecule has 0 amide bonds. The lowest BCUT2D eigenvalue weighted by molar-refractivity contribution is 0.103. The van der Waals surface area contributed by atoms with Gasteiger partial charge in [-0.3, -0.25) is 14.9 Å². The Morgan fingerprint density at radius 1 is 1.05 bits per heavy atom. The minimum atomic E-state index is -0.256. The maximum atomic E-state index is 12.6. The van der Waals surface area contributed by atoms with E-state index in [-0.39, 0.29) is 17.1 Å². The first-order valence-electron chi connectivity index (χ1n) is 6.78. The Morgan fingerprint density at radius 2 is 1.91 bits per heavy atom. The Kier molecular flexibility index (Phi) is 2.66. The zero-order valence-corrected chi connectivity index (χ0v) is 11.4. The average molecular weight is 289 g/mol. The second-order valence-corrected chi connectivity index (χ2v) is 5.03. The van der Waals surface area contributed by atoms with E-state index in [1.807, 2.05) is 12.1 Å². The highest BCUT2D eigenvalue weighted by Crippen LogP contribution is 2.25. The Hall–Kier alpha value is -3.21. The fraction of sp³-hybridized carbons (Fsp3) is 0. The number of phenols is 1. The molecule has 2 N–H and O–H groups in total. The highest BCUT2D eigenvalue weighted by atomic mass is 16.3. The SMILES string of the molecule is O=C(c1cnc2ccc3[nH]ncc3c2c1)c1ccccc1O. The number of phenolic OH excluding ortho intramolecular Hbond substituents is 1. The quantitative estimate of drug-likeness (QED) is 0.556. The van der Waals surface area contributed by atoms with E-state index in [0.29, 0.717) is 5.56 Å². The predicted molar refractivity (Wildman–Crippen MR) is 82.9 cm³/mol. The van der Waals surface area contributed by atoms with Crippen LogP contribution in [0.5, 0.6) is 5.75 Å². The number of hydrogen-bond acceptors (Lipinski definition) is 4. The number of pyridine rings is 1. The average Bonchev–Trinajstić information content (AvgIpc) is 3.03. The lowest BCUT2D eigenvalue weighted by Gasteiger charge is -2.05. The number of rotatable bonds is 2. The Labute approximate surface area is 125 Å². The lowest BCUT2D eigenvalue weighted by Crippen LogP contribution is -2.02. The van der Waals surface area contributed by atoms with Gasteiger partial charge in [0, 0.05) is 22.5 Å². The number of fused-ring (bicyclic) bond motifs is 3. The first kappa shape index (κ1) is 12.5. The summed E-state index contributed by atoms with van der Waals surface area (Å²) in [5, 5.41) is 18.5. The Balaban J connectivity index is 1.92. The number of nitrogens with zero attached hydrogens (tertiary/aromatic N) is 2. The third-order valence-electron chi connectivity index (χ3n) is 3.70. The fourth-order valence-electron chi connectivity index (χ4n) is 2.57. The van der Waals surface area contributed by atoms with Crippen LogP contribution in [-0.2, 0) is 0 Å². The zero-order chi connectivity index (χ0) is 15.1. The Morgan fingerprint density at radius 3 is 2.77 bits per heavy atom. The molecule has 0 aliphatic carbocycles. The van der Waals surface area contributed by atoms with Crippen molar-refractivity contribution in [2.75, 3.05) is 0 Å². The molecule has 106 valence electrons. The molecule has 0 atom stereocenters. The number of para-hydroxylation sites is 1. The summed E-state index contributed by atoms with van der Waals surface area (Å²) in [6, 6.07) is 12.1. The number of nitrogens with one attached hydrogen (secondary N) is 1. The molecule has 0 aliphatic rings. The monoisotopic (exact) mass is 289 g/mol. The van der Waals surface area contributed by atoms with Gasteiger partial charge < -0.3 is 5.11 Å². The fourth-order valence-corrected chi connectivity index (χ4v) is 2.57. The highest BCUT2D eigenvalue weighted by Gasteiger charge is 2.14. The van der Waals surface area contributed by atoms with Crippen LogP contribution < -0.4 is 0 Å². The number of ketones is 1. The second-order valence-electron chi connectivity index (χ2n) is 5.03. The van der Waals surface area contributed by atoms with Gasteiger partial charge in [0.25, 0.3) is 0 Å². The molecule has 0 unspecified atom stereocenters. The molecule has 2 heterocycles. The first-order chi connectivity index (χ1) is 10.7. The van der Waals surface area contributed by atoms with Crippen molar-refractivity contribution in [1.29, 1.82) is 0 Å². The van der Waals surface area contributed by atoms with Gasteiger partial charge in [-0.05, 0) is 30.3 Å². The summed E-state index contributed by atoms with van der Waals surface area (Å²) >= 11 is 0. The number of H-pyrrole nitrogens is 1. The smallest absolute Gasteiger partial charge is 0.198 e. The molecule has 0 aliphatic heterocycles. The van der Waals surface area contributed by atoms with Crippen molar-refractivity contribution in [3.63, 3.8) is 0 Å². The molecule has 4 rings (SSSR count). The van der Waals surface area contributed by atoms with Crippen LogP contribution in [0.1, 0.15) is 15.9 Å². The van der Waals surface area contributed by atoms with Gasteiger partial charge in [-0.1, -0.05) is 12.1 Å². The van der Waals surface area contributed by atoms with Crippen LogP contribution in [0.2, 0.25) is 0 Å². The third-order valence-corrected chi connectivity index (χ3v) is 3.70. The number of aromatic nitrogens is 3. The zero-order valence-electron chi connectivity index (χ0n) is 11.4. The van der Waals surface area contributed by atoms with Crippen LogP contribution >= 0.6 is 0 Å². The number of carbonyl (C=O) groups excluding carboxylic acids is 1. The normalized spacial score (nSPS) is 11.1. The summed E-state index contributed by atoms with van der Waals surface area (Å²) in [7, 11) is 0. The topological polar surface area (TPSA) is 78.9 Å². The van der Waals surface area contributed by atoms with Crippen molar-refractivity contribution in [1.82, 2.24) is 15.2 Å². The number of hydrogen-bond donors (Lipinski definition) is 2. The van der Waals surface area contributed by atoms with E-state index < -0.39 is 0 Å². The molecule has 2 aromatic carbocycles. The second kappa shape index (κ2) is 4.66. The number of aromatic amines is 1. The van der Waals surface area contributed by atoms with E-state index in [9.17, 15) is 9.90 Å². The standard InChI is InChI=1S/C17H11N3O2/c21-16-4-2-1-3-11(16)17(22)10-7-12-13-9-19-20-15(13)6-5-14(12)18-8-10/h1-9,21H,(H,19,20). The van der Waals surface area contributed by atoms with Crippen LogP contribution in [0.4, 0.5) is 0 Å². The van der Waals surface area contributed by atoms with Gasteiger partial charge in [-0.15, -0.1) is 0 Å². The minimum absolute atomic E-state index is 0.0332. The summed E-state index contributed by atoms with van der Waals surface area (Å²) in [4.78, 5) is 16.9. The van der Waals surface area contributed by atoms with E-state index in [0.717, 1.165) is 21.8 Å². The van der Waals surface area contributed by atoms with Gasteiger partial charge in [0.05, 0.1) is 22.8 Å². The van der Waals surface area contributed by atoms with Gasteiger partial charge >= 0.3 is 0 Å². The molecular weight excluding hydrogens is 278 g/mol. The van der Waals surface area contributed by atoms with Crippen LogP contribution in [-0.4, -0.2) is 26.1 Å². The maximum absolute atomic E-state index is 12.6. The number of carbonyl (C=O) groups is 1. The first-order valence-corrected chi connectivity index (χ1v) is 6.78. The van der Waals surface area contributed by atoms with Gasteiger partial charge in [-0.25, -0.2) is 0 Å². The molecule has 4 aromatic rings. The largest absolute Gasteiger partial charge is 0.507 e. The van der Waals surface area contributed by atoms with Gasteiger partial charge in [-0.2, -0.15) is 5.10 Å². The Bertz CT molecular complexity index is 1020. The lowest BCUT2D eigenvalue weighted by atomic mass is 10.0. The van der Waals surface area contributed by atoms with E-state index in [2.05, 4.69) is 15.2 Å². The van der Waals surface area contributed by atoms with Crippen molar-refractivity contribution in [2.45, 2.75) is 0 Å². The molecule has 0 saturated heterocycles. The molecule has 5 heteroatoms. The van der Waals surface area contributed by atoms with Crippen LogP contribution in [0, 0.1) is 0 Å². The van der Waals surface area contributed by atoms with Crippen molar-refractivity contribution >= 4 is 27.6 Å². The van der Waals surface area contributed by atoms with Crippen LogP contribution in [0.15, 0.2) is 54.9 Å². The van der Waals surface area contributed by atoms with Crippen molar-refractivity contribution in [3.8, 4) is 5.75 Å². The minimum Gasteiger partial charge on any atom is -0.507 e. The van der Waals surface area contributed by atoms with E-state index >= 15 is 0 Å². The van der Waals surface area contributed by atoms with E-state index in [1.165, 1.54) is 12.3 Å². The summed E-state index contributed by atoms with van der Waals surface area (Å²) < 4.78 is 0. The van der Waals surface area contributed by atoms with Crippen molar-refractivity contribution in [3.05, 3.63) is 66.0 Å². The van der Waals surface area contributed by atoms with Crippen molar-refractivity contribution < 1.29 is 9.90 Å². The summed E-state index contributed by atoms with van der Waals surface area (Å²) in [6.45, 7) is 0. The molecule has 2 aromatic heterocycles. The molecule has 0 fully saturated rings. The third kappa shape index (κ3) is 1.83. The highest BCUT2D eigenvalue weighted by molar-refractivity contribution is 6.13. The molecule has 0 radical (unpaired) electrons. The summed E-state index contributed by atoms with van der Waals surface area (Å²) in [5.74, 6) is -0.290. The summed E-state index contributed by atoms with van der Waals surface area (Å²) in [5.41, 5.74) is 2.38. The molecule has 0 spiro atoms. The molecule has 0 bridgehead atoms. The molecule has 0 saturated carbocycles. The number of benzene rings is 2. The van der Waals surface area contributed by atoms with E-state index in [4.69, 9.17) is 0 Å². The maximum Gasteiger partial charge on any atom is 0.198 e. The predicted octanol–water partition coefficient (Wildman–Crippen LogP) is 3.05. The van der Waals surface area contributed by atoms with Crippen molar-refractivity contribution in [2.24, 2.45) is 0 Å². The molecule has 5 nitrogen and oxygen atoms in total. The van der Waals surface area contributed by atoms with Gasteiger partial charge in [0.1, 0.15) is 5.75 Å². The number of aromatic hydroxyl groups is 1. The van der Waals surface area contributed by atoms with E-state index in [1.54, 1.807) is 30.5 Å². The molecule has 22 heavy (non-hydrogen) atoms.